The van der Waals surface area contributed by atoms with E-state index in [1.165, 1.54) is 4.31 Å². The molecule has 2 aromatic rings. The zero-order valence-electron chi connectivity index (χ0n) is 20.5. The van der Waals surface area contributed by atoms with Crippen LogP contribution < -0.4 is 4.31 Å². The fourth-order valence-corrected chi connectivity index (χ4v) is 7.74. The van der Waals surface area contributed by atoms with Crippen LogP contribution in [0.15, 0.2) is 78.2 Å². The molecule has 0 spiro atoms. The van der Waals surface area contributed by atoms with E-state index in [0.717, 1.165) is 12.8 Å². The van der Waals surface area contributed by atoms with Gasteiger partial charge in [0.2, 0.25) is 0 Å². The summed E-state index contributed by atoms with van der Waals surface area (Å²) in [5, 5.41) is 0. The highest BCUT2D eigenvalue weighted by Crippen LogP contribution is 2.67. The molecule has 2 aromatic carbocycles. The summed E-state index contributed by atoms with van der Waals surface area (Å²) in [4.78, 5) is 13.2. The summed E-state index contributed by atoms with van der Waals surface area (Å²) in [7, 11) is -3.91. The van der Waals surface area contributed by atoms with Crippen LogP contribution in [0.4, 0.5) is 5.69 Å². The molecule has 0 aliphatic heterocycles. The zero-order valence-corrected chi connectivity index (χ0v) is 21.3. The molecule has 6 heteroatoms. The standard InChI is InChI=1S/C28H35NO4S/c1-6-20(2)19-24(30)33-26-25(23-17-18-28(26,5)27(23,3)4)29(21-13-9-7-10-14-21)34(31,32)22-15-11-8-12-16-22/h6-16,20,23,25-26H,1,17-19H2,2-5H3/t20-,23-,25-,26-,28+/m1/s1. The van der Waals surface area contributed by atoms with Crippen LogP contribution in [0, 0.1) is 22.7 Å². The molecule has 0 heterocycles. The molecule has 0 saturated heterocycles. The summed E-state index contributed by atoms with van der Waals surface area (Å²) < 4.78 is 36.0. The van der Waals surface area contributed by atoms with Gasteiger partial charge in [0, 0.05) is 5.41 Å². The van der Waals surface area contributed by atoms with Crippen LogP contribution in [-0.2, 0) is 19.6 Å². The van der Waals surface area contributed by atoms with Crippen LogP contribution in [0.3, 0.4) is 0 Å². The first kappa shape index (κ1) is 24.5. The monoisotopic (exact) mass is 481 g/mol. The number of benzene rings is 2. The number of anilines is 1. The van der Waals surface area contributed by atoms with Crippen molar-refractivity contribution < 1.29 is 17.9 Å². The third kappa shape index (κ3) is 3.86. The first-order chi connectivity index (χ1) is 16.0. The Morgan fingerprint density at radius 2 is 1.71 bits per heavy atom. The van der Waals surface area contributed by atoms with Crippen LogP contribution in [0.1, 0.15) is 47.0 Å². The van der Waals surface area contributed by atoms with Crippen molar-refractivity contribution in [3.05, 3.63) is 73.3 Å². The number of sulfonamides is 1. The number of carbonyl (C=O) groups is 1. The summed E-state index contributed by atoms with van der Waals surface area (Å²) in [6.45, 7) is 12.2. The third-order valence-corrected chi connectivity index (χ3v) is 10.3. The number of rotatable bonds is 8. The highest BCUT2D eigenvalue weighted by molar-refractivity contribution is 7.92. The van der Waals surface area contributed by atoms with Gasteiger partial charge in [-0.3, -0.25) is 9.10 Å². The van der Waals surface area contributed by atoms with Gasteiger partial charge < -0.3 is 4.74 Å². The first-order valence-corrected chi connectivity index (χ1v) is 13.4. The second kappa shape index (κ2) is 8.88. The lowest BCUT2D eigenvalue weighted by Crippen LogP contribution is -2.53. The Morgan fingerprint density at radius 3 is 2.29 bits per heavy atom. The molecule has 0 N–H and O–H groups in total. The van der Waals surface area contributed by atoms with Gasteiger partial charge in [-0.05, 0) is 54.4 Å². The minimum absolute atomic E-state index is 0.0105. The van der Waals surface area contributed by atoms with Gasteiger partial charge in [-0.2, -0.15) is 0 Å². The highest BCUT2D eigenvalue weighted by Gasteiger charge is 2.70. The Labute approximate surface area is 203 Å². The molecule has 2 bridgehead atoms. The minimum Gasteiger partial charge on any atom is -0.459 e. The summed E-state index contributed by atoms with van der Waals surface area (Å²) in [6.07, 6.45) is 3.19. The van der Waals surface area contributed by atoms with Gasteiger partial charge >= 0.3 is 5.97 Å². The smallest absolute Gasteiger partial charge is 0.306 e. The molecule has 5 nitrogen and oxygen atoms in total. The molecule has 0 unspecified atom stereocenters. The van der Waals surface area contributed by atoms with Crippen LogP contribution in [0.2, 0.25) is 0 Å². The number of hydrogen-bond donors (Lipinski definition) is 0. The molecule has 5 atom stereocenters. The fourth-order valence-electron chi connectivity index (χ4n) is 6.03. The number of carbonyl (C=O) groups excluding carboxylic acids is 1. The number of fused-ring (bicyclic) bond motifs is 2. The Balaban J connectivity index is 1.85. The van der Waals surface area contributed by atoms with Gasteiger partial charge in [-0.15, -0.1) is 6.58 Å². The maximum atomic E-state index is 14.1. The van der Waals surface area contributed by atoms with Crippen molar-refractivity contribution >= 4 is 21.7 Å². The molecule has 2 fully saturated rings. The molecule has 4 rings (SSSR count). The van der Waals surface area contributed by atoms with Crippen molar-refractivity contribution in [2.45, 2.75) is 64.0 Å². The van der Waals surface area contributed by atoms with E-state index in [9.17, 15) is 13.2 Å². The lowest BCUT2D eigenvalue weighted by molar-refractivity contribution is -0.158. The van der Waals surface area contributed by atoms with Gasteiger partial charge in [0.25, 0.3) is 10.0 Å². The van der Waals surface area contributed by atoms with Gasteiger partial charge in [-0.25, -0.2) is 8.42 Å². The second-order valence-corrected chi connectivity index (χ2v) is 12.4. The van der Waals surface area contributed by atoms with E-state index in [-0.39, 0.29) is 40.0 Å². The second-order valence-electron chi connectivity index (χ2n) is 10.6. The van der Waals surface area contributed by atoms with E-state index in [0.29, 0.717) is 5.69 Å². The average molecular weight is 482 g/mol. The Morgan fingerprint density at radius 1 is 1.12 bits per heavy atom. The largest absolute Gasteiger partial charge is 0.459 e. The van der Waals surface area contributed by atoms with Crippen molar-refractivity contribution in [3.8, 4) is 0 Å². The van der Waals surface area contributed by atoms with Crippen molar-refractivity contribution in [2.75, 3.05) is 4.31 Å². The summed E-state index contributed by atoms with van der Waals surface area (Å²) >= 11 is 0. The predicted molar refractivity (Wildman–Crippen MR) is 135 cm³/mol. The van der Waals surface area contributed by atoms with Gasteiger partial charge in [0.05, 0.1) is 23.0 Å². The number of para-hydroxylation sites is 1. The predicted octanol–water partition coefficient (Wildman–Crippen LogP) is 5.83. The lowest BCUT2D eigenvalue weighted by Gasteiger charge is -2.42. The number of ether oxygens (including phenoxy) is 1. The molecule has 182 valence electrons. The van der Waals surface area contributed by atoms with Crippen molar-refractivity contribution in [1.29, 1.82) is 0 Å². The van der Waals surface area contributed by atoms with Crippen molar-refractivity contribution in [1.82, 2.24) is 0 Å². The van der Waals surface area contributed by atoms with Crippen LogP contribution >= 0.6 is 0 Å². The molecular formula is C28H35NO4S. The van der Waals surface area contributed by atoms with Gasteiger partial charge in [-0.1, -0.05) is 70.2 Å². The molecular weight excluding hydrogens is 446 g/mol. The number of allylic oxidation sites excluding steroid dienone is 1. The lowest BCUT2D eigenvalue weighted by atomic mass is 9.70. The summed E-state index contributed by atoms with van der Waals surface area (Å²) in [6, 6.07) is 17.2. The molecule has 2 saturated carbocycles. The normalized spacial score (nSPS) is 28.3. The van der Waals surface area contributed by atoms with E-state index >= 15 is 0 Å². The number of hydrogen-bond acceptors (Lipinski definition) is 4. The van der Waals surface area contributed by atoms with Crippen LogP contribution in [-0.4, -0.2) is 26.5 Å². The Hall–Kier alpha value is -2.60. The average Bonchev–Trinajstić information content (AvgIpc) is 3.13. The number of nitrogens with zero attached hydrogens (tertiary/aromatic N) is 1. The van der Waals surface area contributed by atoms with Crippen LogP contribution in [0.5, 0.6) is 0 Å². The Kier molecular flexibility index (Phi) is 6.40. The SMILES string of the molecule is C=C[C@@H](C)CC(=O)O[C@@H]1[C@H](N(c2ccccc2)S(=O)(=O)c2ccccc2)[C@H]2CC[C@]1(C)C2(C)C. The van der Waals surface area contributed by atoms with E-state index in [1.807, 2.05) is 37.3 Å². The maximum Gasteiger partial charge on any atom is 0.306 e. The topological polar surface area (TPSA) is 63.7 Å². The van der Waals surface area contributed by atoms with Crippen molar-refractivity contribution in [2.24, 2.45) is 22.7 Å². The zero-order chi connectivity index (χ0) is 24.7. The first-order valence-electron chi connectivity index (χ1n) is 12.0. The molecule has 0 amide bonds. The summed E-state index contributed by atoms with van der Waals surface area (Å²) in [5.74, 6) is -0.272. The molecule has 0 aromatic heterocycles. The molecule has 2 aliphatic carbocycles. The molecule has 34 heavy (non-hydrogen) atoms. The number of esters is 1. The van der Waals surface area contributed by atoms with Gasteiger partial charge in [0.1, 0.15) is 6.10 Å². The van der Waals surface area contributed by atoms with Crippen LogP contribution in [0.25, 0.3) is 0 Å². The molecule has 2 aliphatic rings. The van der Waals surface area contributed by atoms with Gasteiger partial charge in [0.15, 0.2) is 0 Å². The quantitative estimate of drug-likeness (QED) is 0.351. The maximum absolute atomic E-state index is 14.1. The van der Waals surface area contributed by atoms with Crippen molar-refractivity contribution in [3.63, 3.8) is 0 Å². The fraction of sp³-hybridized carbons (Fsp3) is 0.464. The van der Waals surface area contributed by atoms with E-state index in [2.05, 4.69) is 27.4 Å². The van der Waals surface area contributed by atoms with E-state index in [1.54, 1.807) is 36.4 Å². The molecule has 0 radical (unpaired) electrons. The minimum atomic E-state index is -3.91. The van der Waals surface area contributed by atoms with E-state index < -0.39 is 22.2 Å². The summed E-state index contributed by atoms with van der Waals surface area (Å²) in [5.41, 5.74) is 0.0457. The third-order valence-electron chi connectivity index (χ3n) is 8.45. The Bertz CT molecular complexity index is 1150. The highest BCUT2D eigenvalue weighted by atomic mass is 32.2. The van der Waals surface area contributed by atoms with E-state index in [4.69, 9.17) is 4.74 Å².